The average molecular weight is 344 g/mol. The second-order valence-corrected chi connectivity index (χ2v) is 7.12. The van der Waals surface area contributed by atoms with E-state index in [1.54, 1.807) is 0 Å². The number of thiazole rings is 1. The summed E-state index contributed by atoms with van der Waals surface area (Å²) in [5.41, 5.74) is 1.83. The van der Waals surface area contributed by atoms with E-state index in [0.29, 0.717) is 30.0 Å². The third kappa shape index (κ3) is 3.48. The highest BCUT2D eigenvalue weighted by atomic mass is 32.1. The molecular formula is C18H20N2O3S. The minimum absolute atomic E-state index is 0.198. The van der Waals surface area contributed by atoms with Gasteiger partial charge in [-0.15, -0.1) is 11.3 Å². The first kappa shape index (κ1) is 16.6. The number of carbonyl (C=O) groups excluding carboxylic acids is 1. The fourth-order valence-electron chi connectivity index (χ4n) is 3.06. The van der Waals surface area contributed by atoms with E-state index >= 15 is 0 Å². The lowest BCUT2D eigenvalue weighted by Gasteiger charge is -2.32. The van der Waals surface area contributed by atoms with Crippen LogP contribution in [0.15, 0.2) is 30.3 Å². The number of hydrogen-bond donors (Lipinski definition) is 1. The smallest absolute Gasteiger partial charge is 0.326 e. The third-order valence-electron chi connectivity index (χ3n) is 4.28. The number of carboxylic acids is 1. The maximum atomic E-state index is 12.8. The number of aliphatic carboxylic acids is 1. The first-order valence-electron chi connectivity index (χ1n) is 8.10. The largest absolute Gasteiger partial charge is 0.480 e. The summed E-state index contributed by atoms with van der Waals surface area (Å²) in [5, 5.41) is 10.2. The van der Waals surface area contributed by atoms with Crippen molar-refractivity contribution in [2.45, 2.75) is 38.6 Å². The Morgan fingerprint density at radius 2 is 2.04 bits per heavy atom. The number of nitrogens with zero attached hydrogens (tertiary/aromatic N) is 2. The normalized spacial score (nSPS) is 17.7. The van der Waals surface area contributed by atoms with E-state index in [1.165, 1.54) is 16.2 Å². The highest BCUT2D eigenvalue weighted by Crippen LogP contribution is 2.26. The van der Waals surface area contributed by atoms with E-state index in [2.05, 4.69) is 4.98 Å². The molecule has 0 bridgehead atoms. The van der Waals surface area contributed by atoms with Crippen LogP contribution in [0.2, 0.25) is 0 Å². The van der Waals surface area contributed by atoms with Crippen LogP contribution in [-0.4, -0.2) is 39.5 Å². The van der Waals surface area contributed by atoms with E-state index in [1.807, 2.05) is 37.3 Å². The number of amides is 1. The number of piperidine rings is 1. The van der Waals surface area contributed by atoms with Crippen LogP contribution in [0.5, 0.6) is 0 Å². The molecule has 0 spiro atoms. The number of hydrogen-bond acceptors (Lipinski definition) is 4. The lowest BCUT2D eigenvalue weighted by Crippen LogP contribution is -2.47. The van der Waals surface area contributed by atoms with Crippen LogP contribution >= 0.6 is 11.3 Å². The fourth-order valence-corrected chi connectivity index (χ4v) is 4.11. The van der Waals surface area contributed by atoms with Gasteiger partial charge in [0.25, 0.3) is 5.91 Å². The molecule has 3 rings (SSSR count). The van der Waals surface area contributed by atoms with Crippen LogP contribution in [0.1, 0.15) is 45.2 Å². The SMILES string of the molecule is Cc1nc(Cc2ccccc2)sc1C(=O)N1CCCCC1C(=O)O. The van der Waals surface area contributed by atoms with E-state index in [4.69, 9.17) is 0 Å². The molecule has 0 saturated carbocycles. The molecule has 1 aromatic heterocycles. The molecule has 2 heterocycles. The molecule has 1 amide bonds. The zero-order valence-corrected chi connectivity index (χ0v) is 14.4. The van der Waals surface area contributed by atoms with Crippen molar-refractivity contribution in [2.75, 3.05) is 6.54 Å². The molecule has 2 aromatic rings. The van der Waals surface area contributed by atoms with Crippen molar-refractivity contribution in [3.63, 3.8) is 0 Å². The number of carbonyl (C=O) groups is 2. The Bertz CT molecular complexity index is 742. The minimum Gasteiger partial charge on any atom is -0.480 e. The first-order chi connectivity index (χ1) is 11.6. The summed E-state index contributed by atoms with van der Waals surface area (Å²) in [5.74, 6) is -1.12. The molecule has 1 unspecified atom stereocenters. The van der Waals surface area contributed by atoms with Gasteiger partial charge in [0.15, 0.2) is 0 Å². The molecule has 1 aliphatic heterocycles. The predicted octanol–water partition coefficient (Wildman–Crippen LogP) is 3.12. The second kappa shape index (κ2) is 7.13. The van der Waals surface area contributed by atoms with Gasteiger partial charge in [-0.25, -0.2) is 9.78 Å². The number of benzene rings is 1. The van der Waals surface area contributed by atoms with Crippen molar-refractivity contribution >= 4 is 23.2 Å². The number of rotatable bonds is 4. The number of likely N-dealkylation sites (tertiary alicyclic amines) is 1. The summed E-state index contributed by atoms with van der Waals surface area (Å²) >= 11 is 1.37. The summed E-state index contributed by atoms with van der Waals surface area (Å²) in [7, 11) is 0. The summed E-state index contributed by atoms with van der Waals surface area (Å²) in [6.45, 7) is 2.32. The molecule has 1 atom stereocenters. The van der Waals surface area contributed by atoms with Gasteiger partial charge in [-0.2, -0.15) is 0 Å². The van der Waals surface area contributed by atoms with Gasteiger partial charge in [-0.3, -0.25) is 4.79 Å². The topological polar surface area (TPSA) is 70.5 Å². The minimum atomic E-state index is -0.922. The molecule has 24 heavy (non-hydrogen) atoms. The van der Waals surface area contributed by atoms with Gasteiger partial charge < -0.3 is 10.0 Å². The van der Waals surface area contributed by atoms with Gasteiger partial charge in [0.2, 0.25) is 0 Å². The molecule has 6 heteroatoms. The first-order valence-corrected chi connectivity index (χ1v) is 8.92. The van der Waals surface area contributed by atoms with Crippen LogP contribution in [0.4, 0.5) is 0 Å². The molecule has 1 aliphatic rings. The number of aromatic nitrogens is 1. The highest BCUT2D eigenvalue weighted by molar-refractivity contribution is 7.13. The quantitative estimate of drug-likeness (QED) is 0.925. The van der Waals surface area contributed by atoms with Gasteiger partial charge in [-0.1, -0.05) is 30.3 Å². The van der Waals surface area contributed by atoms with Crippen molar-refractivity contribution in [3.8, 4) is 0 Å². The van der Waals surface area contributed by atoms with Gasteiger partial charge in [0.1, 0.15) is 10.9 Å². The Labute approximate surface area is 145 Å². The van der Waals surface area contributed by atoms with Crippen molar-refractivity contribution < 1.29 is 14.7 Å². The Morgan fingerprint density at radius 1 is 1.29 bits per heavy atom. The molecule has 5 nitrogen and oxygen atoms in total. The molecular weight excluding hydrogens is 324 g/mol. The molecule has 1 aromatic carbocycles. The van der Waals surface area contributed by atoms with E-state index in [9.17, 15) is 14.7 Å². The molecule has 1 saturated heterocycles. The van der Waals surface area contributed by atoms with Crippen LogP contribution in [0.25, 0.3) is 0 Å². The van der Waals surface area contributed by atoms with Gasteiger partial charge >= 0.3 is 5.97 Å². The highest BCUT2D eigenvalue weighted by Gasteiger charge is 2.34. The van der Waals surface area contributed by atoms with Crippen molar-refractivity contribution in [3.05, 3.63) is 51.5 Å². The predicted molar refractivity (Wildman–Crippen MR) is 92.4 cm³/mol. The Balaban J connectivity index is 1.81. The fraction of sp³-hybridized carbons (Fsp3) is 0.389. The summed E-state index contributed by atoms with van der Waals surface area (Å²) in [6, 6.07) is 9.27. The zero-order chi connectivity index (χ0) is 17.1. The Kier molecular flexibility index (Phi) is 4.94. The standard InChI is InChI=1S/C18H20N2O3S/c1-12-16(17(21)20-10-6-5-9-14(20)18(22)23)24-15(19-12)11-13-7-3-2-4-8-13/h2-4,7-8,14H,5-6,9-11H2,1H3,(H,22,23). The molecule has 1 N–H and O–H groups in total. The van der Waals surface area contributed by atoms with Crippen LogP contribution in [-0.2, 0) is 11.2 Å². The third-order valence-corrected chi connectivity index (χ3v) is 5.43. The summed E-state index contributed by atoms with van der Waals surface area (Å²) < 4.78 is 0. The van der Waals surface area contributed by atoms with Crippen LogP contribution in [0, 0.1) is 6.92 Å². The Hall–Kier alpha value is -2.21. The van der Waals surface area contributed by atoms with Gasteiger partial charge in [0.05, 0.1) is 10.7 Å². The number of aryl methyl sites for hydroxylation is 1. The van der Waals surface area contributed by atoms with Crippen molar-refractivity contribution in [2.24, 2.45) is 0 Å². The summed E-state index contributed by atoms with van der Waals surface area (Å²) in [4.78, 5) is 30.8. The van der Waals surface area contributed by atoms with Gasteiger partial charge in [-0.05, 0) is 31.7 Å². The number of carboxylic acid groups (broad SMARTS) is 1. The molecule has 0 aliphatic carbocycles. The lowest BCUT2D eigenvalue weighted by atomic mass is 10.0. The lowest BCUT2D eigenvalue weighted by molar-refractivity contribution is -0.143. The second-order valence-electron chi connectivity index (χ2n) is 6.03. The van der Waals surface area contributed by atoms with E-state index < -0.39 is 12.0 Å². The van der Waals surface area contributed by atoms with Crippen molar-refractivity contribution in [1.82, 2.24) is 9.88 Å². The maximum absolute atomic E-state index is 12.8. The average Bonchev–Trinajstić information content (AvgIpc) is 2.95. The summed E-state index contributed by atoms with van der Waals surface area (Å²) in [6.07, 6.45) is 2.91. The maximum Gasteiger partial charge on any atom is 0.326 e. The van der Waals surface area contributed by atoms with E-state index in [0.717, 1.165) is 23.4 Å². The zero-order valence-electron chi connectivity index (χ0n) is 13.6. The van der Waals surface area contributed by atoms with Crippen LogP contribution in [0.3, 0.4) is 0 Å². The van der Waals surface area contributed by atoms with E-state index in [-0.39, 0.29) is 5.91 Å². The Morgan fingerprint density at radius 3 is 2.75 bits per heavy atom. The van der Waals surface area contributed by atoms with Crippen molar-refractivity contribution in [1.29, 1.82) is 0 Å². The monoisotopic (exact) mass is 344 g/mol. The molecule has 0 radical (unpaired) electrons. The molecule has 126 valence electrons. The van der Waals surface area contributed by atoms with Gasteiger partial charge in [0, 0.05) is 13.0 Å². The molecule has 1 fully saturated rings. The van der Waals surface area contributed by atoms with Crippen LogP contribution < -0.4 is 0 Å².